The van der Waals surface area contributed by atoms with Crippen molar-refractivity contribution in [1.29, 1.82) is 0 Å². The van der Waals surface area contributed by atoms with Crippen molar-refractivity contribution in [2.24, 2.45) is 0 Å². The molecule has 0 aromatic heterocycles. The maximum Gasteiger partial charge on any atom is 0.295 e. The molecule has 1 heterocycles. The highest BCUT2D eigenvalue weighted by Gasteiger charge is 2.46. The first kappa shape index (κ1) is 25.5. The second kappa shape index (κ2) is 11.4. The molecule has 1 fully saturated rings. The van der Waals surface area contributed by atoms with E-state index in [0.29, 0.717) is 41.6 Å². The third-order valence-corrected chi connectivity index (χ3v) is 6.33. The van der Waals surface area contributed by atoms with Gasteiger partial charge in [0.15, 0.2) is 0 Å². The summed E-state index contributed by atoms with van der Waals surface area (Å²) in [6.07, 6.45) is 1.65. The van der Waals surface area contributed by atoms with Gasteiger partial charge >= 0.3 is 0 Å². The molecule has 1 amide bonds. The van der Waals surface area contributed by atoms with Crippen LogP contribution in [-0.2, 0) is 9.59 Å². The van der Waals surface area contributed by atoms with Gasteiger partial charge in [0.25, 0.3) is 11.7 Å². The monoisotopic (exact) mass is 482 g/mol. The van der Waals surface area contributed by atoms with Crippen molar-refractivity contribution in [2.75, 3.05) is 32.8 Å². The Morgan fingerprint density at radius 2 is 1.85 bits per heavy atom. The van der Waals surface area contributed by atoms with Crippen molar-refractivity contribution >= 4 is 29.1 Å². The van der Waals surface area contributed by atoms with Gasteiger partial charge in [0.05, 0.1) is 11.6 Å². The van der Waals surface area contributed by atoms with Crippen molar-refractivity contribution in [2.45, 2.75) is 26.8 Å². The van der Waals surface area contributed by atoms with Crippen LogP contribution >= 0.6 is 11.6 Å². The number of Topliss-reactive ketones (excluding diaryl/α,β-unsaturated/α-hetero) is 1. The van der Waals surface area contributed by atoms with E-state index in [1.807, 2.05) is 6.92 Å². The van der Waals surface area contributed by atoms with Crippen molar-refractivity contribution < 1.29 is 19.4 Å². The van der Waals surface area contributed by atoms with E-state index in [1.165, 1.54) is 0 Å². The summed E-state index contributed by atoms with van der Waals surface area (Å²) in [5.74, 6) is -0.856. The van der Waals surface area contributed by atoms with E-state index in [-0.39, 0.29) is 11.3 Å². The summed E-state index contributed by atoms with van der Waals surface area (Å²) in [4.78, 5) is 30.0. The lowest BCUT2D eigenvalue weighted by Gasteiger charge is -2.28. The second-order valence-corrected chi connectivity index (χ2v) is 8.59. The summed E-state index contributed by atoms with van der Waals surface area (Å²) in [6.45, 7) is 12.6. The highest BCUT2D eigenvalue weighted by atomic mass is 35.5. The van der Waals surface area contributed by atoms with Crippen LogP contribution in [0.3, 0.4) is 0 Å². The van der Waals surface area contributed by atoms with Gasteiger partial charge in [-0.2, -0.15) is 0 Å². The largest absolute Gasteiger partial charge is 0.507 e. The number of carbonyl (C=O) groups is 2. The number of rotatable bonds is 10. The maximum atomic E-state index is 13.2. The third kappa shape index (κ3) is 5.34. The minimum absolute atomic E-state index is 0.0750. The van der Waals surface area contributed by atoms with Crippen LogP contribution in [0, 0.1) is 6.92 Å². The van der Waals surface area contributed by atoms with Gasteiger partial charge in [-0.25, -0.2) is 0 Å². The number of ketones is 1. The number of aliphatic hydroxyl groups is 1. The summed E-state index contributed by atoms with van der Waals surface area (Å²) >= 11 is 6.08. The highest BCUT2D eigenvalue weighted by molar-refractivity contribution is 6.46. The number of nitrogens with zero attached hydrogens (tertiary/aromatic N) is 2. The Morgan fingerprint density at radius 3 is 2.44 bits per heavy atom. The molecule has 6 nitrogen and oxygen atoms in total. The number of likely N-dealkylation sites (tertiary alicyclic amines) is 1. The first-order valence-electron chi connectivity index (χ1n) is 11.4. The summed E-state index contributed by atoms with van der Waals surface area (Å²) in [7, 11) is 0. The number of hydrogen-bond acceptors (Lipinski definition) is 5. The van der Waals surface area contributed by atoms with Crippen molar-refractivity contribution in [3.63, 3.8) is 0 Å². The van der Waals surface area contributed by atoms with Gasteiger partial charge in [0.2, 0.25) is 0 Å². The van der Waals surface area contributed by atoms with Gasteiger partial charge in [-0.1, -0.05) is 50.2 Å². The molecule has 1 saturated heterocycles. The molecule has 1 aliphatic heterocycles. The van der Waals surface area contributed by atoms with Crippen LogP contribution < -0.4 is 4.74 Å². The number of aliphatic hydroxyl groups excluding tert-OH is 1. The lowest BCUT2D eigenvalue weighted by Crippen LogP contribution is -2.38. The Bertz CT molecular complexity index is 1090. The summed E-state index contributed by atoms with van der Waals surface area (Å²) in [5, 5.41) is 11.8. The zero-order valence-corrected chi connectivity index (χ0v) is 20.6. The van der Waals surface area contributed by atoms with Crippen LogP contribution in [0.4, 0.5) is 0 Å². The van der Waals surface area contributed by atoms with Crippen molar-refractivity contribution in [3.05, 3.63) is 82.4 Å². The first-order chi connectivity index (χ1) is 16.3. The van der Waals surface area contributed by atoms with Gasteiger partial charge in [-0.05, 0) is 61.5 Å². The molecular formula is C27H31ClN2O4. The number of benzene rings is 2. The zero-order chi connectivity index (χ0) is 24.8. The Labute approximate surface area is 206 Å². The van der Waals surface area contributed by atoms with E-state index < -0.39 is 17.7 Å². The number of aryl methyl sites for hydroxylation is 1. The van der Waals surface area contributed by atoms with E-state index in [9.17, 15) is 14.7 Å². The van der Waals surface area contributed by atoms with E-state index >= 15 is 0 Å². The molecule has 2 aromatic rings. The second-order valence-electron chi connectivity index (χ2n) is 8.15. The SMILES string of the molecule is C=CCOc1ccc(C(O)=C2C(=O)C(=O)N(CCN(CC)CC)[C@H]2c2ccc(Cl)cc2)cc1C. The summed E-state index contributed by atoms with van der Waals surface area (Å²) in [6, 6.07) is 11.5. The minimum Gasteiger partial charge on any atom is -0.507 e. The zero-order valence-electron chi connectivity index (χ0n) is 19.9. The first-order valence-corrected chi connectivity index (χ1v) is 11.8. The van der Waals surface area contributed by atoms with Gasteiger partial charge in [0.1, 0.15) is 18.1 Å². The lowest BCUT2D eigenvalue weighted by atomic mass is 9.95. The van der Waals surface area contributed by atoms with Crippen LogP contribution in [-0.4, -0.2) is 59.4 Å². The Morgan fingerprint density at radius 1 is 1.18 bits per heavy atom. The van der Waals surface area contributed by atoms with Crippen LogP contribution in [0.1, 0.15) is 36.6 Å². The molecule has 34 heavy (non-hydrogen) atoms. The molecule has 0 radical (unpaired) electrons. The standard InChI is InChI=1S/C27H31ClN2O4/c1-5-16-34-22-13-10-20(17-18(22)4)25(31)23-24(19-8-11-21(28)12-9-19)30(27(33)26(23)32)15-14-29(6-2)7-3/h5,8-13,17,24,31H,1,6-7,14-16H2,2-4H3/t24-/m0/s1. The van der Waals surface area contributed by atoms with Crippen LogP contribution in [0.15, 0.2) is 60.7 Å². The molecule has 0 bridgehead atoms. The summed E-state index contributed by atoms with van der Waals surface area (Å²) in [5.41, 5.74) is 2.03. The van der Waals surface area contributed by atoms with Crippen molar-refractivity contribution in [1.82, 2.24) is 9.80 Å². The molecular weight excluding hydrogens is 452 g/mol. The molecule has 2 aromatic carbocycles. The number of hydrogen-bond donors (Lipinski definition) is 1. The predicted octanol–water partition coefficient (Wildman–Crippen LogP) is 4.98. The smallest absolute Gasteiger partial charge is 0.295 e. The number of carbonyl (C=O) groups excluding carboxylic acids is 2. The van der Waals surface area contributed by atoms with E-state index in [1.54, 1.807) is 53.4 Å². The molecule has 0 aliphatic carbocycles. The predicted molar refractivity (Wildman–Crippen MR) is 135 cm³/mol. The molecule has 7 heteroatoms. The van der Waals surface area contributed by atoms with Gasteiger partial charge in [0, 0.05) is 23.7 Å². The van der Waals surface area contributed by atoms with Crippen LogP contribution in [0.5, 0.6) is 5.75 Å². The number of likely N-dealkylation sites (N-methyl/N-ethyl adjacent to an activating group) is 1. The highest BCUT2D eigenvalue weighted by Crippen LogP contribution is 2.40. The van der Waals surface area contributed by atoms with E-state index in [2.05, 4.69) is 25.3 Å². The summed E-state index contributed by atoms with van der Waals surface area (Å²) < 4.78 is 5.62. The fourth-order valence-electron chi connectivity index (χ4n) is 4.15. The average molecular weight is 483 g/mol. The van der Waals surface area contributed by atoms with Crippen molar-refractivity contribution in [3.8, 4) is 5.75 Å². The Hall–Kier alpha value is -3.09. The lowest BCUT2D eigenvalue weighted by molar-refractivity contribution is -0.140. The molecule has 180 valence electrons. The van der Waals surface area contributed by atoms with Crippen LogP contribution in [0.25, 0.3) is 5.76 Å². The molecule has 0 saturated carbocycles. The fraction of sp³-hybridized carbons (Fsp3) is 0.333. The minimum atomic E-state index is -0.704. The Kier molecular flexibility index (Phi) is 8.53. The molecule has 1 N–H and O–H groups in total. The number of halogens is 1. The van der Waals surface area contributed by atoms with Gasteiger partial charge < -0.3 is 19.6 Å². The maximum absolute atomic E-state index is 13.2. The normalized spacial score (nSPS) is 17.4. The van der Waals surface area contributed by atoms with E-state index in [4.69, 9.17) is 16.3 Å². The molecule has 1 atom stereocenters. The van der Waals surface area contributed by atoms with E-state index in [0.717, 1.165) is 18.7 Å². The topological polar surface area (TPSA) is 70.1 Å². The van der Waals surface area contributed by atoms with Crippen LogP contribution in [0.2, 0.25) is 5.02 Å². The van der Waals surface area contributed by atoms with Gasteiger partial charge in [-0.15, -0.1) is 0 Å². The Balaban J connectivity index is 2.07. The fourth-order valence-corrected chi connectivity index (χ4v) is 4.28. The molecule has 1 aliphatic rings. The quantitative estimate of drug-likeness (QED) is 0.224. The number of amides is 1. The molecule has 3 rings (SSSR count). The average Bonchev–Trinajstić information content (AvgIpc) is 3.09. The molecule has 0 spiro atoms. The number of ether oxygens (including phenoxy) is 1. The van der Waals surface area contributed by atoms with Gasteiger partial charge in [-0.3, -0.25) is 9.59 Å². The molecule has 0 unspecified atom stereocenters. The third-order valence-electron chi connectivity index (χ3n) is 6.08.